The summed E-state index contributed by atoms with van der Waals surface area (Å²) in [6, 6.07) is 7.29. The van der Waals surface area contributed by atoms with Gasteiger partial charge in [0, 0.05) is 17.8 Å². The fourth-order valence-electron chi connectivity index (χ4n) is 2.46. The molecule has 22 heavy (non-hydrogen) atoms. The molecule has 116 valence electrons. The van der Waals surface area contributed by atoms with Crippen LogP contribution in [0.25, 0.3) is 0 Å². The van der Waals surface area contributed by atoms with Crippen LogP contribution in [-0.4, -0.2) is 23.3 Å². The second kappa shape index (κ2) is 6.54. The van der Waals surface area contributed by atoms with E-state index in [9.17, 15) is 9.59 Å². The van der Waals surface area contributed by atoms with Gasteiger partial charge in [0.1, 0.15) is 5.76 Å². The number of carbonyl (C=O) groups is 2. The number of hydrogen-bond acceptors (Lipinski definition) is 4. The number of likely N-dealkylation sites (tertiary alicyclic amines) is 1. The van der Waals surface area contributed by atoms with Gasteiger partial charge < -0.3 is 14.6 Å². The number of rotatable bonds is 5. The van der Waals surface area contributed by atoms with Crippen molar-refractivity contribution in [3.63, 3.8) is 0 Å². The van der Waals surface area contributed by atoms with Crippen molar-refractivity contribution in [1.82, 2.24) is 10.2 Å². The fourth-order valence-corrected chi connectivity index (χ4v) is 3.48. The lowest BCUT2D eigenvalue weighted by Crippen LogP contribution is -2.32. The van der Waals surface area contributed by atoms with Gasteiger partial charge in [-0.15, -0.1) is 11.3 Å². The number of nitrogens with zero attached hydrogens (tertiary/aromatic N) is 1. The number of nitrogens with one attached hydrogen (secondary N) is 1. The first-order valence-corrected chi connectivity index (χ1v) is 8.13. The van der Waals surface area contributed by atoms with Crippen LogP contribution in [0.5, 0.6) is 0 Å². The van der Waals surface area contributed by atoms with Crippen LogP contribution in [0.4, 0.5) is 0 Å². The smallest absolute Gasteiger partial charge is 0.225 e. The predicted octanol–water partition coefficient (Wildman–Crippen LogP) is 2.66. The average Bonchev–Trinajstić information content (AvgIpc) is 3.20. The zero-order valence-corrected chi connectivity index (χ0v) is 13.3. The third kappa shape index (κ3) is 3.51. The molecule has 3 rings (SSSR count). The van der Waals surface area contributed by atoms with Crippen LogP contribution in [0.3, 0.4) is 0 Å². The molecule has 0 saturated carbocycles. The van der Waals surface area contributed by atoms with Gasteiger partial charge in [-0.3, -0.25) is 9.59 Å². The molecular weight excluding hydrogens is 324 g/mol. The largest absolute Gasteiger partial charge is 0.467 e. The van der Waals surface area contributed by atoms with Gasteiger partial charge in [-0.05, 0) is 24.3 Å². The molecule has 2 amide bonds. The van der Waals surface area contributed by atoms with Crippen LogP contribution < -0.4 is 5.32 Å². The molecule has 3 heterocycles. The van der Waals surface area contributed by atoms with Crippen LogP contribution in [0.2, 0.25) is 4.34 Å². The molecule has 0 unspecified atom stereocenters. The Bertz CT molecular complexity index is 668. The molecule has 1 aliphatic heterocycles. The molecule has 0 aliphatic carbocycles. The third-order valence-electron chi connectivity index (χ3n) is 3.58. The SMILES string of the molecule is O=C(NCc1ccc(Cl)s1)[C@@H]1CC(=O)N(Cc2ccco2)C1. The molecule has 7 heteroatoms. The molecule has 5 nitrogen and oxygen atoms in total. The van der Waals surface area contributed by atoms with Crippen LogP contribution in [0.1, 0.15) is 17.1 Å². The maximum Gasteiger partial charge on any atom is 0.225 e. The van der Waals surface area contributed by atoms with Crippen molar-refractivity contribution in [2.45, 2.75) is 19.5 Å². The predicted molar refractivity (Wildman–Crippen MR) is 83.4 cm³/mol. The Balaban J connectivity index is 1.52. The molecule has 1 aliphatic rings. The topological polar surface area (TPSA) is 62.6 Å². The van der Waals surface area contributed by atoms with Crippen molar-refractivity contribution in [3.8, 4) is 0 Å². The Kier molecular flexibility index (Phi) is 4.49. The maximum atomic E-state index is 12.2. The monoisotopic (exact) mass is 338 g/mol. The number of thiophene rings is 1. The quantitative estimate of drug-likeness (QED) is 0.911. The molecule has 0 spiro atoms. The summed E-state index contributed by atoms with van der Waals surface area (Å²) in [7, 11) is 0. The van der Waals surface area contributed by atoms with E-state index < -0.39 is 0 Å². The second-order valence-electron chi connectivity index (χ2n) is 5.18. The summed E-state index contributed by atoms with van der Waals surface area (Å²) in [6.07, 6.45) is 1.82. The fraction of sp³-hybridized carbons (Fsp3) is 0.333. The zero-order valence-electron chi connectivity index (χ0n) is 11.8. The Hall–Kier alpha value is -1.79. The highest BCUT2D eigenvalue weighted by Crippen LogP contribution is 2.23. The lowest BCUT2D eigenvalue weighted by Gasteiger charge is -2.14. The highest BCUT2D eigenvalue weighted by atomic mass is 35.5. The molecule has 1 atom stereocenters. The molecule has 1 fully saturated rings. The van der Waals surface area contributed by atoms with Gasteiger partial charge in [-0.2, -0.15) is 0 Å². The van der Waals surface area contributed by atoms with Gasteiger partial charge in [0.25, 0.3) is 0 Å². The summed E-state index contributed by atoms with van der Waals surface area (Å²) in [5.74, 6) is 0.302. The standard InChI is InChI=1S/C15H15ClN2O3S/c16-13-4-3-12(22-13)7-17-15(20)10-6-14(19)18(8-10)9-11-2-1-5-21-11/h1-5,10H,6-9H2,(H,17,20)/t10-/m1/s1. The van der Waals surface area contributed by atoms with Gasteiger partial charge in [-0.25, -0.2) is 0 Å². The van der Waals surface area contributed by atoms with E-state index in [1.807, 2.05) is 12.1 Å². The zero-order chi connectivity index (χ0) is 15.5. The minimum Gasteiger partial charge on any atom is -0.467 e. The van der Waals surface area contributed by atoms with E-state index in [4.69, 9.17) is 16.0 Å². The van der Waals surface area contributed by atoms with E-state index in [0.717, 1.165) is 10.6 Å². The molecule has 1 saturated heterocycles. The third-order valence-corrected chi connectivity index (χ3v) is 4.81. The molecular formula is C15H15ClN2O3S. The van der Waals surface area contributed by atoms with Crippen LogP contribution in [0, 0.1) is 5.92 Å². The lowest BCUT2D eigenvalue weighted by atomic mass is 10.1. The summed E-state index contributed by atoms with van der Waals surface area (Å²) in [4.78, 5) is 26.8. The minimum absolute atomic E-state index is 0.0179. The number of amides is 2. The van der Waals surface area contributed by atoms with Crippen LogP contribution in [-0.2, 0) is 22.7 Å². The first-order chi connectivity index (χ1) is 10.6. The average molecular weight is 339 g/mol. The summed E-state index contributed by atoms with van der Waals surface area (Å²) in [5, 5.41) is 2.86. The van der Waals surface area contributed by atoms with Crippen molar-refractivity contribution in [1.29, 1.82) is 0 Å². The molecule has 1 N–H and O–H groups in total. The first-order valence-electron chi connectivity index (χ1n) is 6.94. The van der Waals surface area contributed by atoms with E-state index in [0.29, 0.717) is 24.0 Å². The highest BCUT2D eigenvalue weighted by Gasteiger charge is 2.34. The normalized spacial score (nSPS) is 18.0. The number of hydrogen-bond donors (Lipinski definition) is 1. The highest BCUT2D eigenvalue weighted by molar-refractivity contribution is 7.16. The van der Waals surface area contributed by atoms with Gasteiger partial charge in [0.15, 0.2) is 0 Å². The van der Waals surface area contributed by atoms with Crippen LogP contribution in [0.15, 0.2) is 34.9 Å². The Morgan fingerprint density at radius 3 is 3.00 bits per heavy atom. The van der Waals surface area contributed by atoms with Gasteiger partial charge in [0.2, 0.25) is 11.8 Å². The lowest BCUT2D eigenvalue weighted by molar-refractivity contribution is -0.129. The maximum absolute atomic E-state index is 12.2. The molecule has 0 aromatic carbocycles. The van der Waals surface area contributed by atoms with E-state index in [1.54, 1.807) is 23.3 Å². The number of furan rings is 1. The van der Waals surface area contributed by atoms with Gasteiger partial charge >= 0.3 is 0 Å². The molecule has 2 aromatic heterocycles. The first kappa shape index (κ1) is 15.1. The summed E-state index contributed by atoms with van der Waals surface area (Å²) < 4.78 is 5.94. The van der Waals surface area contributed by atoms with E-state index in [1.165, 1.54) is 11.3 Å². The van der Waals surface area contributed by atoms with Crippen molar-refractivity contribution in [2.24, 2.45) is 5.92 Å². The summed E-state index contributed by atoms with van der Waals surface area (Å²) in [6.45, 7) is 1.28. The molecule has 2 aromatic rings. The van der Waals surface area contributed by atoms with E-state index >= 15 is 0 Å². The number of carbonyl (C=O) groups excluding carboxylic acids is 2. The van der Waals surface area contributed by atoms with Crippen molar-refractivity contribution < 1.29 is 14.0 Å². The minimum atomic E-state index is -0.308. The van der Waals surface area contributed by atoms with E-state index in [2.05, 4.69) is 5.32 Å². The van der Waals surface area contributed by atoms with E-state index in [-0.39, 0.29) is 24.2 Å². The Labute approximate surface area is 136 Å². The van der Waals surface area contributed by atoms with Gasteiger partial charge in [-0.1, -0.05) is 11.6 Å². The Morgan fingerprint density at radius 1 is 1.45 bits per heavy atom. The van der Waals surface area contributed by atoms with Crippen LogP contribution >= 0.6 is 22.9 Å². The second-order valence-corrected chi connectivity index (χ2v) is 6.98. The Morgan fingerprint density at radius 2 is 2.32 bits per heavy atom. The van der Waals surface area contributed by atoms with Crippen molar-refractivity contribution >= 4 is 34.8 Å². The van der Waals surface area contributed by atoms with Crippen molar-refractivity contribution in [2.75, 3.05) is 6.54 Å². The van der Waals surface area contributed by atoms with Gasteiger partial charge in [0.05, 0.1) is 29.6 Å². The molecule has 0 bridgehead atoms. The number of halogens is 1. The summed E-state index contributed by atoms with van der Waals surface area (Å²) >= 11 is 7.29. The summed E-state index contributed by atoms with van der Waals surface area (Å²) in [5.41, 5.74) is 0. The van der Waals surface area contributed by atoms with Crippen molar-refractivity contribution in [3.05, 3.63) is 45.5 Å². The molecule has 0 radical (unpaired) electrons.